The second-order valence-electron chi connectivity index (χ2n) is 7.15. The van der Waals surface area contributed by atoms with Gasteiger partial charge in [0.1, 0.15) is 6.54 Å². The maximum Gasteiger partial charge on any atom is 0.241 e. The molecule has 8 nitrogen and oxygen atoms in total. The number of guanidine groups is 1. The van der Waals surface area contributed by atoms with Gasteiger partial charge in [-0.1, -0.05) is 39.2 Å². The van der Waals surface area contributed by atoms with E-state index in [1.54, 1.807) is 19.0 Å². The van der Waals surface area contributed by atoms with Crippen LogP contribution in [0.15, 0.2) is 29.4 Å². The number of unbranched alkanes of at least 4 members (excludes halogenated alkanes) is 1. The van der Waals surface area contributed by atoms with Crippen LogP contribution in [0.5, 0.6) is 0 Å². The Morgan fingerprint density at radius 2 is 2.07 bits per heavy atom. The van der Waals surface area contributed by atoms with E-state index in [9.17, 15) is 4.79 Å². The number of amides is 1. The fourth-order valence-electron chi connectivity index (χ4n) is 2.82. The molecule has 2 rings (SSSR count). The monoisotopic (exact) mass is 387 g/mol. The summed E-state index contributed by atoms with van der Waals surface area (Å²) in [7, 11) is 3.49. The van der Waals surface area contributed by atoms with E-state index in [-0.39, 0.29) is 12.5 Å². The van der Waals surface area contributed by atoms with Gasteiger partial charge in [0.05, 0.1) is 6.54 Å². The van der Waals surface area contributed by atoms with Crippen LogP contribution in [0.4, 0.5) is 0 Å². The summed E-state index contributed by atoms with van der Waals surface area (Å²) in [6, 6.07) is 5.78. The summed E-state index contributed by atoms with van der Waals surface area (Å²) in [6.07, 6.45) is 6.66. The van der Waals surface area contributed by atoms with Gasteiger partial charge in [0.2, 0.25) is 5.91 Å². The quantitative estimate of drug-likeness (QED) is 0.481. The lowest BCUT2D eigenvalue weighted by molar-refractivity contribution is -0.127. The number of carbonyl (C=O) groups excluding carboxylic acids is 1. The van der Waals surface area contributed by atoms with Gasteiger partial charge in [0.15, 0.2) is 17.4 Å². The van der Waals surface area contributed by atoms with Crippen LogP contribution < -0.4 is 10.6 Å². The summed E-state index contributed by atoms with van der Waals surface area (Å²) >= 11 is 0. The van der Waals surface area contributed by atoms with Gasteiger partial charge in [0.25, 0.3) is 0 Å². The molecule has 0 aliphatic rings. The third-order valence-electron chi connectivity index (χ3n) is 4.77. The van der Waals surface area contributed by atoms with Crippen LogP contribution >= 0.6 is 0 Å². The molecule has 0 saturated heterocycles. The number of nitrogens with one attached hydrogen (secondary N) is 2. The summed E-state index contributed by atoms with van der Waals surface area (Å²) in [5.74, 6) is 1.97. The van der Waals surface area contributed by atoms with Gasteiger partial charge in [0, 0.05) is 26.8 Å². The van der Waals surface area contributed by atoms with Crippen molar-refractivity contribution < 1.29 is 4.79 Å². The molecule has 2 heterocycles. The maximum absolute atomic E-state index is 11.9. The Kier molecular flexibility index (Phi) is 8.71. The van der Waals surface area contributed by atoms with Crippen LogP contribution in [-0.4, -0.2) is 58.5 Å². The third kappa shape index (κ3) is 6.51. The summed E-state index contributed by atoms with van der Waals surface area (Å²) < 4.78 is 1.92. The molecule has 8 heteroatoms. The van der Waals surface area contributed by atoms with Crippen molar-refractivity contribution in [1.29, 1.82) is 0 Å². The molecule has 0 radical (unpaired) electrons. The molecular weight excluding hydrogens is 354 g/mol. The zero-order valence-electron chi connectivity index (χ0n) is 17.5. The molecule has 1 amide bonds. The van der Waals surface area contributed by atoms with Gasteiger partial charge in [-0.25, -0.2) is 4.99 Å². The van der Waals surface area contributed by atoms with E-state index in [2.05, 4.69) is 39.7 Å². The van der Waals surface area contributed by atoms with Crippen molar-refractivity contribution in [2.75, 3.05) is 27.2 Å². The lowest BCUT2D eigenvalue weighted by atomic mass is 9.99. The Morgan fingerprint density at radius 3 is 2.79 bits per heavy atom. The van der Waals surface area contributed by atoms with E-state index in [4.69, 9.17) is 0 Å². The molecule has 2 aromatic rings. The van der Waals surface area contributed by atoms with E-state index in [1.807, 2.05) is 28.8 Å². The second kappa shape index (κ2) is 11.3. The van der Waals surface area contributed by atoms with Gasteiger partial charge in [-0.2, -0.15) is 0 Å². The SMILES string of the molecule is CCCCC(CC)CNC(=NCc1nnc2ccccn12)NCC(=O)N(C)C. The summed E-state index contributed by atoms with van der Waals surface area (Å²) in [4.78, 5) is 18.1. The van der Waals surface area contributed by atoms with Crippen LogP contribution in [0.25, 0.3) is 5.65 Å². The van der Waals surface area contributed by atoms with Crippen molar-refractivity contribution >= 4 is 17.5 Å². The first-order valence-electron chi connectivity index (χ1n) is 10.1. The van der Waals surface area contributed by atoms with Crippen molar-refractivity contribution in [2.45, 2.75) is 46.1 Å². The molecule has 28 heavy (non-hydrogen) atoms. The minimum Gasteiger partial charge on any atom is -0.356 e. The smallest absolute Gasteiger partial charge is 0.241 e. The Bertz CT molecular complexity index is 769. The molecule has 0 aromatic carbocycles. The van der Waals surface area contributed by atoms with Gasteiger partial charge in [-0.3, -0.25) is 9.20 Å². The Hall–Kier alpha value is -2.64. The highest BCUT2D eigenvalue weighted by Gasteiger charge is 2.10. The fourth-order valence-corrected chi connectivity index (χ4v) is 2.82. The Morgan fingerprint density at radius 1 is 1.25 bits per heavy atom. The highest BCUT2D eigenvalue weighted by molar-refractivity contribution is 5.86. The lowest BCUT2D eigenvalue weighted by Gasteiger charge is -2.19. The highest BCUT2D eigenvalue weighted by Crippen LogP contribution is 2.11. The van der Waals surface area contributed by atoms with Crippen molar-refractivity contribution in [1.82, 2.24) is 30.1 Å². The largest absolute Gasteiger partial charge is 0.356 e. The predicted octanol–water partition coefficient (Wildman–Crippen LogP) is 2.07. The number of hydrogen-bond acceptors (Lipinski definition) is 4. The average Bonchev–Trinajstić information content (AvgIpc) is 3.12. The van der Waals surface area contributed by atoms with Crippen LogP contribution in [0.3, 0.4) is 0 Å². The first-order valence-corrected chi connectivity index (χ1v) is 10.1. The van der Waals surface area contributed by atoms with Crippen LogP contribution in [0, 0.1) is 5.92 Å². The minimum atomic E-state index is 0.000419. The molecule has 154 valence electrons. The van der Waals surface area contributed by atoms with E-state index in [0.717, 1.165) is 24.4 Å². The number of rotatable bonds is 10. The molecule has 0 aliphatic heterocycles. The van der Waals surface area contributed by atoms with E-state index in [0.29, 0.717) is 18.4 Å². The highest BCUT2D eigenvalue weighted by atomic mass is 16.2. The molecule has 1 atom stereocenters. The Balaban J connectivity index is 2.05. The van der Waals surface area contributed by atoms with Gasteiger partial charge in [-0.05, 0) is 24.5 Å². The second-order valence-corrected chi connectivity index (χ2v) is 7.15. The minimum absolute atomic E-state index is 0.000419. The number of aromatic nitrogens is 3. The number of nitrogens with zero attached hydrogens (tertiary/aromatic N) is 5. The lowest BCUT2D eigenvalue weighted by Crippen LogP contribution is -2.44. The molecular formula is C20H33N7O. The van der Waals surface area contributed by atoms with Crippen molar-refractivity contribution in [3.05, 3.63) is 30.2 Å². The van der Waals surface area contributed by atoms with Gasteiger partial charge < -0.3 is 15.5 Å². The van der Waals surface area contributed by atoms with Crippen LogP contribution in [0.2, 0.25) is 0 Å². The molecule has 2 aromatic heterocycles. The third-order valence-corrected chi connectivity index (χ3v) is 4.77. The average molecular weight is 388 g/mol. The van der Waals surface area contributed by atoms with Crippen molar-refractivity contribution in [2.24, 2.45) is 10.9 Å². The fraction of sp³-hybridized carbons (Fsp3) is 0.600. The van der Waals surface area contributed by atoms with E-state index < -0.39 is 0 Å². The zero-order valence-corrected chi connectivity index (χ0v) is 17.5. The number of carbonyl (C=O) groups is 1. The van der Waals surface area contributed by atoms with E-state index >= 15 is 0 Å². The molecule has 0 fully saturated rings. The van der Waals surface area contributed by atoms with Crippen molar-refractivity contribution in [3.8, 4) is 0 Å². The molecule has 0 aliphatic carbocycles. The van der Waals surface area contributed by atoms with Crippen molar-refractivity contribution in [3.63, 3.8) is 0 Å². The number of pyridine rings is 1. The summed E-state index contributed by atoms with van der Waals surface area (Å²) in [5.41, 5.74) is 0.795. The first-order chi connectivity index (χ1) is 13.5. The van der Waals surface area contributed by atoms with Crippen LogP contribution in [0.1, 0.15) is 45.4 Å². The summed E-state index contributed by atoms with van der Waals surface area (Å²) in [6.45, 7) is 5.83. The maximum atomic E-state index is 11.9. The molecule has 0 spiro atoms. The number of likely N-dealkylation sites (N-methyl/N-ethyl adjacent to an activating group) is 1. The van der Waals surface area contributed by atoms with Gasteiger partial charge in [-0.15, -0.1) is 10.2 Å². The molecule has 0 bridgehead atoms. The summed E-state index contributed by atoms with van der Waals surface area (Å²) in [5, 5.41) is 14.9. The zero-order chi connectivity index (χ0) is 20.4. The molecule has 0 saturated carbocycles. The molecule has 2 N–H and O–H groups in total. The van der Waals surface area contributed by atoms with Gasteiger partial charge >= 0.3 is 0 Å². The van der Waals surface area contributed by atoms with E-state index in [1.165, 1.54) is 19.3 Å². The number of aliphatic imine (C=N–C) groups is 1. The topological polar surface area (TPSA) is 86.9 Å². The van der Waals surface area contributed by atoms with Crippen LogP contribution in [-0.2, 0) is 11.3 Å². The first kappa shape index (κ1) is 21.7. The Labute approximate surface area is 167 Å². The number of fused-ring (bicyclic) bond motifs is 1. The molecule has 1 unspecified atom stereocenters. The standard InChI is InChI=1S/C20H33N7O/c1-5-7-10-16(6-2)13-21-20(23-15-19(28)26(3)4)22-14-18-25-24-17-11-8-9-12-27(17)18/h8-9,11-12,16H,5-7,10,13-15H2,1-4H3,(H2,21,22,23). The number of hydrogen-bond donors (Lipinski definition) is 2. The predicted molar refractivity (Wildman–Crippen MR) is 112 cm³/mol. The normalized spacial score (nSPS) is 12.8.